The number of rotatable bonds is 4. The average Bonchev–Trinajstić information content (AvgIpc) is 2.41. The summed E-state index contributed by atoms with van der Waals surface area (Å²) in [6.07, 6.45) is 7.21. The van der Waals surface area contributed by atoms with Crippen LogP contribution >= 0.6 is 0 Å². The van der Waals surface area contributed by atoms with E-state index in [2.05, 4.69) is 21.2 Å². The maximum absolute atomic E-state index is 12.1. The van der Waals surface area contributed by atoms with Crippen molar-refractivity contribution in [3.63, 3.8) is 0 Å². The molecule has 1 N–H and O–H groups in total. The summed E-state index contributed by atoms with van der Waals surface area (Å²) in [5.74, 6) is 2.80. The van der Waals surface area contributed by atoms with E-state index < -0.39 is 0 Å². The van der Waals surface area contributed by atoms with Gasteiger partial charge in [-0.3, -0.25) is 4.57 Å². The van der Waals surface area contributed by atoms with Gasteiger partial charge < -0.3 is 5.32 Å². The van der Waals surface area contributed by atoms with Gasteiger partial charge in [-0.25, -0.2) is 9.78 Å². The molecule has 2 rings (SSSR count). The topological polar surface area (TPSA) is 59.8 Å². The first-order valence-electron chi connectivity index (χ1n) is 6.33. The molecule has 2 aromatic rings. The molecule has 0 aliphatic rings. The number of anilines is 1. The smallest absolute Gasteiger partial charge is 0.353 e. The number of hydrogen-bond donors (Lipinski definition) is 1. The van der Waals surface area contributed by atoms with E-state index in [1.807, 2.05) is 32.0 Å². The normalized spacial score (nSPS) is 10.1. The van der Waals surface area contributed by atoms with Gasteiger partial charge in [-0.2, -0.15) is 4.98 Å². The largest absolute Gasteiger partial charge is 0.356 e. The highest BCUT2D eigenvalue weighted by Gasteiger charge is 2.08. The van der Waals surface area contributed by atoms with Crippen LogP contribution in [0.3, 0.4) is 0 Å². The lowest BCUT2D eigenvalue weighted by Gasteiger charge is -2.11. The van der Waals surface area contributed by atoms with Crippen molar-refractivity contribution in [2.75, 3.05) is 11.9 Å². The third-order valence-electron chi connectivity index (χ3n) is 2.94. The van der Waals surface area contributed by atoms with Crippen LogP contribution in [0.25, 0.3) is 5.69 Å². The Morgan fingerprint density at radius 3 is 2.65 bits per heavy atom. The molecule has 1 heterocycles. The summed E-state index contributed by atoms with van der Waals surface area (Å²) in [6.45, 7) is 4.45. The summed E-state index contributed by atoms with van der Waals surface area (Å²) >= 11 is 0. The fourth-order valence-corrected chi connectivity index (χ4v) is 2.01. The lowest BCUT2D eigenvalue weighted by atomic mass is 10.1. The summed E-state index contributed by atoms with van der Waals surface area (Å²) in [5, 5.41) is 2.92. The van der Waals surface area contributed by atoms with Crippen molar-refractivity contribution in [1.82, 2.24) is 14.5 Å². The van der Waals surface area contributed by atoms with Gasteiger partial charge in [0.2, 0.25) is 5.95 Å². The number of benzene rings is 1. The Hall–Kier alpha value is -2.61. The summed E-state index contributed by atoms with van der Waals surface area (Å²) < 4.78 is 1.46. The van der Waals surface area contributed by atoms with Crippen LogP contribution in [-0.2, 0) is 0 Å². The van der Waals surface area contributed by atoms with Crippen LogP contribution in [0.15, 0.2) is 29.3 Å². The van der Waals surface area contributed by atoms with E-state index in [1.165, 1.54) is 10.9 Å². The van der Waals surface area contributed by atoms with Gasteiger partial charge in [-0.15, -0.1) is 12.3 Å². The predicted molar refractivity (Wildman–Crippen MR) is 79.0 cm³/mol. The number of terminal acetylenes is 1. The minimum Gasteiger partial charge on any atom is -0.353 e. The van der Waals surface area contributed by atoms with Crippen molar-refractivity contribution in [1.29, 1.82) is 0 Å². The van der Waals surface area contributed by atoms with E-state index in [0.717, 1.165) is 16.8 Å². The molecule has 0 aliphatic heterocycles. The second-order valence-corrected chi connectivity index (χ2v) is 4.45. The van der Waals surface area contributed by atoms with Gasteiger partial charge in [-0.1, -0.05) is 18.2 Å². The molecule has 1 aromatic heterocycles. The zero-order valence-electron chi connectivity index (χ0n) is 11.6. The molecule has 0 aliphatic carbocycles. The Morgan fingerprint density at radius 1 is 1.35 bits per heavy atom. The first-order chi connectivity index (χ1) is 9.63. The van der Waals surface area contributed by atoms with Crippen LogP contribution in [0.5, 0.6) is 0 Å². The number of hydrogen-bond acceptors (Lipinski definition) is 4. The zero-order valence-corrected chi connectivity index (χ0v) is 11.6. The van der Waals surface area contributed by atoms with Crippen LogP contribution < -0.4 is 11.0 Å². The molecule has 5 heteroatoms. The molecule has 0 unspecified atom stereocenters. The lowest BCUT2D eigenvalue weighted by molar-refractivity contribution is 0.844. The third-order valence-corrected chi connectivity index (χ3v) is 2.94. The van der Waals surface area contributed by atoms with Gasteiger partial charge in [0.1, 0.15) is 6.33 Å². The SMILES string of the molecule is C#CCCNc1ncn(-c2c(C)cccc2C)c(=O)n1. The fourth-order valence-electron chi connectivity index (χ4n) is 2.01. The highest BCUT2D eigenvalue weighted by atomic mass is 16.1. The van der Waals surface area contributed by atoms with Crippen LogP contribution in [0.2, 0.25) is 0 Å². The van der Waals surface area contributed by atoms with Crippen LogP contribution in [-0.4, -0.2) is 21.1 Å². The minimum atomic E-state index is -0.361. The van der Waals surface area contributed by atoms with E-state index in [0.29, 0.717) is 18.9 Å². The Morgan fingerprint density at radius 2 is 2.05 bits per heavy atom. The van der Waals surface area contributed by atoms with E-state index in [1.54, 1.807) is 0 Å². The molecule has 0 saturated carbocycles. The van der Waals surface area contributed by atoms with Crippen LogP contribution in [0.1, 0.15) is 17.5 Å². The van der Waals surface area contributed by atoms with Gasteiger partial charge >= 0.3 is 5.69 Å². The third kappa shape index (κ3) is 2.86. The summed E-state index contributed by atoms with van der Waals surface area (Å²) in [6, 6.07) is 5.86. The average molecular weight is 268 g/mol. The van der Waals surface area contributed by atoms with Gasteiger partial charge in [-0.05, 0) is 25.0 Å². The zero-order chi connectivity index (χ0) is 14.5. The summed E-state index contributed by atoms with van der Waals surface area (Å²) in [4.78, 5) is 20.2. The minimum absolute atomic E-state index is 0.299. The van der Waals surface area contributed by atoms with Gasteiger partial charge in [0, 0.05) is 13.0 Å². The van der Waals surface area contributed by atoms with Gasteiger partial charge in [0.05, 0.1) is 5.69 Å². The Bertz CT molecular complexity index is 692. The standard InChI is InChI=1S/C15H16N4O/c1-4-5-9-16-14-17-10-19(15(20)18-14)13-11(2)7-6-8-12(13)3/h1,6-8,10H,5,9H2,2-3H3,(H,16,18,20). The van der Waals surface area contributed by atoms with Crippen molar-refractivity contribution < 1.29 is 0 Å². The van der Waals surface area contributed by atoms with Crippen molar-refractivity contribution in [3.05, 3.63) is 46.1 Å². The van der Waals surface area contributed by atoms with E-state index in [9.17, 15) is 4.79 Å². The van der Waals surface area contributed by atoms with E-state index in [-0.39, 0.29) is 5.69 Å². The number of aromatic nitrogens is 3. The molecule has 0 spiro atoms. The maximum Gasteiger partial charge on any atom is 0.356 e. The summed E-state index contributed by atoms with van der Waals surface area (Å²) in [5.41, 5.74) is 2.47. The van der Waals surface area contributed by atoms with Crippen LogP contribution in [0, 0.1) is 26.2 Å². The second kappa shape index (κ2) is 6.02. The molecular weight excluding hydrogens is 252 g/mol. The molecule has 0 fully saturated rings. The quantitative estimate of drug-likeness (QED) is 0.677. The lowest BCUT2D eigenvalue weighted by Crippen LogP contribution is -2.24. The first kappa shape index (κ1) is 13.8. The molecule has 0 radical (unpaired) electrons. The second-order valence-electron chi connectivity index (χ2n) is 4.45. The highest BCUT2D eigenvalue weighted by Crippen LogP contribution is 2.16. The van der Waals surface area contributed by atoms with Crippen molar-refractivity contribution in [2.24, 2.45) is 0 Å². The molecule has 0 amide bonds. The Balaban J connectivity index is 2.36. The molecule has 0 saturated heterocycles. The van der Waals surface area contributed by atoms with Gasteiger partial charge in [0.15, 0.2) is 0 Å². The molecule has 102 valence electrons. The number of para-hydroxylation sites is 1. The molecule has 0 atom stereocenters. The molecule has 0 bridgehead atoms. The fraction of sp³-hybridized carbons (Fsp3) is 0.267. The van der Waals surface area contributed by atoms with E-state index >= 15 is 0 Å². The number of nitrogens with one attached hydrogen (secondary N) is 1. The molecular formula is C15H16N4O. The number of aryl methyl sites for hydroxylation is 2. The molecule has 5 nitrogen and oxygen atoms in total. The van der Waals surface area contributed by atoms with E-state index in [4.69, 9.17) is 6.42 Å². The first-order valence-corrected chi connectivity index (χ1v) is 6.33. The summed E-state index contributed by atoms with van der Waals surface area (Å²) in [7, 11) is 0. The van der Waals surface area contributed by atoms with Crippen LogP contribution in [0.4, 0.5) is 5.95 Å². The Kier molecular flexibility index (Phi) is 4.16. The highest BCUT2D eigenvalue weighted by molar-refractivity contribution is 5.46. The van der Waals surface area contributed by atoms with Crippen molar-refractivity contribution >= 4 is 5.95 Å². The van der Waals surface area contributed by atoms with Crippen molar-refractivity contribution in [2.45, 2.75) is 20.3 Å². The number of nitrogens with zero attached hydrogens (tertiary/aromatic N) is 3. The van der Waals surface area contributed by atoms with Gasteiger partial charge in [0.25, 0.3) is 0 Å². The Labute approximate surface area is 117 Å². The predicted octanol–water partition coefficient (Wildman–Crippen LogP) is 1.68. The van der Waals surface area contributed by atoms with Crippen molar-refractivity contribution in [3.8, 4) is 18.0 Å². The molecule has 1 aromatic carbocycles. The molecule has 20 heavy (non-hydrogen) atoms. The monoisotopic (exact) mass is 268 g/mol. The maximum atomic E-state index is 12.1.